The smallest absolute Gasteiger partial charge is 0.259 e. The summed E-state index contributed by atoms with van der Waals surface area (Å²) in [6.07, 6.45) is 1.59. The van der Waals surface area contributed by atoms with Crippen molar-refractivity contribution < 1.29 is 4.79 Å². The third kappa shape index (κ3) is 5.65. The van der Waals surface area contributed by atoms with Gasteiger partial charge in [-0.3, -0.25) is 4.79 Å². The predicted octanol–water partition coefficient (Wildman–Crippen LogP) is 6.33. The first kappa shape index (κ1) is 23.7. The molecule has 0 saturated carbocycles. The molecule has 37 heavy (non-hydrogen) atoms. The van der Waals surface area contributed by atoms with Gasteiger partial charge in [0.15, 0.2) is 0 Å². The zero-order chi connectivity index (χ0) is 25.8. The zero-order valence-corrected chi connectivity index (χ0v) is 20.9. The van der Waals surface area contributed by atoms with Crippen LogP contribution in [-0.2, 0) is 0 Å². The molecular weight excluding hydrogens is 462 g/mol. The van der Waals surface area contributed by atoms with Crippen LogP contribution in [0, 0.1) is 20.8 Å². The van der Waals surface area contributed by atoms with E-state index in [0.29, 0.717) is 23.0 Å². The Bertz CT molecular complexity index is 1530. The Morgan fingerprint density at radius 2 is 1.41 bits per heavy atom. The molecule has 2 heterocycles. The first-order valence-electron chi connectivity index (χ1n) is 11.9. The number of anilines is 5. The average Bonchev–Trinajstić information content (AvgIpc) is 3.28. The Morgan fingerprint density at radius 1 is 0.757 bits per heavy atom. The van der Waals surface area contributed by atoms with Crippen LogP contribution >= 0.6 is 0 Å². The molecule has 0 atom stereocenters. The van der Waals surface area contributed by atoms with Crippen molar-refractivity contribution in [1.82, 2.24) is 19.7 Å². The van der Waals surface area contributed by atoms with Crippen molar-refractivity contribution in [1.29, 1.82) is 0 Å². The molecule has 0 aliphatic rings. The summed E-state index contributed by atoms with van der Waals surface area (Å²) in [7, 11) is 0. The molecule has 0 saturated heterocycles. The number of aromatic nitrogens is 4. The summed E-state index contributed by atoms with van der Waals surface area (Å²) in [6, 6.07) is 27.2. The molecule has 2 aromatic heterocycles. The lowest BCUT2D eigenvalue weighted by Gasteiger charge is -2.11. The monoisotopic (exact) mass is 489 g/mol. The van der Waals surface area contributed by atoms with Gasteiger partial charge in [-0.1, -0.05) is 35.9 Å². The van der Waals surface area contributed by atoms with Crippen LogP contribution in [0.1, 0.15) is 27.3 Å². The third-order valence-electron chi connectivity index (χ3n) is 5.83. The minimum atomic E-state index is -0.214. The summed E-state index contributed by atoms with van der Waals surface area (Å²) in [5.41, 5.74) is 6.67. The zero-order valence-electron chi connectivity index (χ0n) is 20.9. The molecule has 5 aromatic rings. The van der Waals surface area contributed by atoms with Gasteiger partial charge in [0.2, 0.25) is 5.95 Å². The molecule has 3 aromatic carbocycles. The maximum Gasteiger partial charge on any atom is 0.259 e. The van der Waals surface area contributed by atoms with E-state index in [1.807, 2.05) is 98.8 Å². The molecule has 0 spiro atoms. The molecule has 8 heteroatoms. The summed E-state index contributed by atoms with van der Waals surface area (Å²) >= 11 is 0. The van der Waals surface area contributed by atoms with Crippen LogP contribution in [-0.4, -0.2) is 25.7 Å². The van der Waals surface area contributed by atoms with Crippen LogP contribution in [0.4, 0.5) is 28.8 Å². The first-order valence-corrected chi connectivity index (χ1v) is 11.9. The van der Waals surface area contributed by atoms with Gasteiger partial charge in [0.1, 0.15) is 5.82 Å². The van der Waals surface area contributed by atoms with E-state index in [0.717, 1.165) is 28.5 Å². The van der Waals surface area contributed by atoms with Crippen molar-refractivity contribution in [3.8, 4) is 5.69 Å². The van der Waals surface area contributed by atoms with E-state index in [1.54, 1.807) is 10.9 Å². The predicted molar refractivity (Wildman–Crippen MR) is 147 cm³/mol. The second-order valence-electron chi connectivity index (χ2n) is 8.76. The Balaban J connectivity index is 1.25. The summed E-state index contributed by atoms with van der Waals surface area (Å²) in [4.78, 5) is 22.0. The SMILES string of the molecule is Cc1ccc(Nc2cc(C)nc(Nc3ccc(NC(=O)c4cnn(-c5ccccc5)c4C)cc3)n2)cc1. The Morgan fingerprint density at radius 3 is 2.14 bits per heavy atom. The number of hydrogen-bond acceptors (Lipinski definition) is 6. The van der Waals surface area contributed by atoms with E-state index < -0.39 is 0 Å². The minimum Gasteiger partial charge on any atom is -0.340 e. The lowest BCUT2D eigenvalue weighted by molar-refractivity contribution is 0.102. The van der Waals surface area contributed by atoms with E-state index in [4.69, 9.17) is 0 Å². The van der Waals surface area contributed by atoms with Gasteiger partial charge in [-0.25, -0.2) is 9.67 Å². The van der Waals surface area contributed by atoms with Crippen molar-refractivity contribution in [3.05, 3.63) is 114 Å². The van der Waals surface area contributed by atoms with Gasteiger partial charge in [-0.2, -0.15) is 10.1 Å². The molecule has 3 N–H and O–H groups in total. The topological polar surface area (TPSA) is 96.8 Å². The fourth-order valence-electron chi connectivity index (χ4n) is 3.90. The largest absolute Gasteiger partial charge is 0.340 e. The third-order valence-corrected chi connectivity index (χ3v) is 5.83. The van der Waals surface area contributed by atoms with Crippen molar-refractivity contribution in [2.75, 3.05) is 16.0 Å². The summed E-state index contributed by atoms with van der Waals surface area (Å²) in [6.45, 7) is 5.86. The average molecular weight is 490 g/mol. The van der Waals surface area contributed by atoms with Crippen molar-refractivity contribution >= 4 is 34.7 Å². The number of rotatable bonds is 7. The number of para-hydroxylation sites is 1. The van der Waals surface area contributed by atoms with Crippen LogP contribution in [0.5, 0.6) is 0 Å². The number of benzene rings is 3. The van der Waals surface area contributed by atoms with Crippen molar-refractivity contribution in [2.45, 2.75) is 20.8 Å². The molecule has 0 radical (unpaired) electrons. The first-order chi connectivity index (χ1) is 17.9. The molecule has 0 bridgehead atoms. The van der Waals surface area contributed by atoms with Gasteiger partial charge in [-0.15, -0.1) is 0 Å². The maximum atomic E-state index is 12.9. The van der Waals surface area contributed by atoms with Gasteiger partial charge in [0, 0.05) is 28.8 Å². The van der Waals surface area contributed by atoms with Crippen LogP contribution in [0.3, 0.4) is 0 Å². The van der Waals surface area contributed by atoms with Gasteiger partial charge < -0.3 is 16.0 Å². The Kier molecular flexibility index (Phi) is 6.63. The van der Waals surface area contributed by atoms with E-state index >= 15 is 0 Å². The number of aryl methyl sites for hydroxylation is 2. The molecule has 0 fully saturated rings. The lowest BCUT2D eigenvalue weighted by atomic mass is 10.2. The number of nitrogens with one attached hydrogen (secondary N) is 3. The lowest BCUT2D eigenvalue weighted by Crippen LogP contribution is -2.13. The Labute approximate surface area is 215 Å². The highest BCUT2D eigenvalue weighted by atomic mass is 16.1. The molecule has 0 aliphatic carbocycles. The molecule has 184 valence electrons. The summed E-state index contributed by atoms with van der Waals surface area (Å²) in [5, 5.41) is 13.9. The maximum absolute atomic E-state index is 12.9. The quantitative estimate of drug-likeness (QED) is 0.247. The normalized spacial score (nSPS) is 10.7. The highest BCUT2D eigenvalue weighted by Crippen LogP contribution is 2.22. The fraction of sp³-hybridized carbons (Fsp3) is 0.103. The summed E-state index contributed by atoms with van der Waals surface area (Å²) < 4.78 is 1.76. The van der Waals surface area contributed by atoms with E-state index in [2.05, 4.69) is 37.9 Å². The molecular formula is C29H27N7O. The number of hydrogen-bond donors (Lipinski definition) is 3. The standard InChI is InChI=1S/C29H27N7O/c1-19-9-11-22(12-10-19)32-27-17-20(2)31-29(35-27)34-24-15-13-23(14-16-24)33-28(37)26-18-30-36(21(26)3)25-7-5-4-6-8-25/h4-18H,1-3H3,(H,33,37)(H2,31,32,34,35). The Hall–Kier alpha value is -4.98. The second kappa shape index (κ2) is 10.3. The molecule has 8 nitrogen and oxygen atoms in total. The fourth-order valence-corrected chi connectivity index (χ4v) is 3.90. The second-order valence-corrected chi connectivity index (χ2v) is 8.76. The molecule has 5 rings (SSSR count). The minimum absolute atomic E-state index is 0.214. The van der Waals surface area contributed by atoms with Gasteiger partial charge in [-0.05, 0) is 69.3 Å². The molecule has 0 aliphatic heterocycles. The van der Waals surface area contributed by atoms with Crippen molar-refractivity contribution in [2.24, 2.45) is 0 Å². The van der Waals surface area contributed by atoms with Crippen LogP contribution in [0.25, 0.3) is 5.69 Å². The van der Waals surface area contributed by atoms with Gasteiger partial charge in [0.05, 0.1) is 23.1 Å². The summed E-state index contributed by atoms with van der Waals surface area (Å²) in [5.74, 6) is 0.971. The number of amides is 1. The highest BCUT2D eigenvalue weighted by molar-refractivity contribution is 6.05. The molecule has 0 unspecified atom stereocenters. The van der Waals surface area contributed by atoms with E-state index in [-0.39, 0.29) is 5.91 Å². The number of nitrogens with zero attached hydrogens (tertiary/aromatic N) is 4. The number of carbonyl (C=O) groups excluding carboxylic acids is 1. The molecule has 1 amide bonds. The van der Waals surface area contributed by atoms with Crippen LogP contribution in [0.15, 0.2) is 91.1 Å². The van der Waals surface area contributed by atoms with Gasteiger partial charge in [0.25, 0.3) is 5.91 Å². The highest BCUT2D eigenvalue weighted by Gasteiger charge is 2.15. The van der Waals surface area contributed by atoms with Gasteiger partial charge >= 0.3 is 0 Å². The van der Waals surface area contributed by atoms with Crippen molar-refractivity contribution in [3.63, 3.8) is 0 Å². The number of carbonyl (C=O) groups is 1. The van der Waals surface area contributed by atoms with E-state index in [9.17, 15) is 4.79 Å². The van der Waals surface area contributed by atoms with Crippen LogP contribution < -0.4 is 16.0 Å². The van der Waals surface area contributed by atoms with E-state index in [1.165, 1.54) is 5.56 Å². The van der Waals surface area contributed by atoms with Crippen LogP contribution in [0.2, 0.25) is 0 Å².